The number of piperidine rings is 1. The Hall–Kier alpha value is -0.610. The highest BCUT2D eigenvalue weighted by atomic mass is 16.4. The molecule has 2 fully saturated rings. The second-order valence-electron chi connectivity index (χ2n) is 5.52. The molecule has 0 bridgehead atoms. The van der Waals surface area contributed by atoms with Crippen LogP contribution in [0.1, 0.15) is 39.0 Å². The molecule has 17 heavy (non-hydrogen) atoms. The van der Waals surface area contributed by atoms with Gasteiger partial charge >= 0.3 is 5.97 Å². The topological polar surface area (TPSA) is 52.6 Å². The first-order chi connectivity index (χ1) is 8.19. The number of nitrogens with zero attached hydrogens (tertiary/aromatic N) is 1. The number of hydrogen-bond donors (Lipinski definition) is 2. The molecule has 0 aromatic carbocycles. The van der Waals surface area contributed by atoms with Crippen molar-refractivity contribution >= 4 is 5.97 Å². The zero-order chi connectivity index (χ0) is 12.3. The summed E-state index contributed by atoms with van der Waals surface area (Å²) in [6.45, 7) is 4.99. The molecule has 1 saturated carbocycles. The molecule has 98 valence electrons. The summed E-state index contributed by atoms with van der Waals surface area (Å²) < 4.78 is 0. The van der Waals surface area contributed by atoms with E-state index in [1.807, 2.05) is 0 Å². The first-order valence-corrected chi connectivity index (χ1v) is 6.90. The number of rotatable bonds is 6. The zero-order valence-electron chi connectivity index (χ0n) is 10.7. The number of nitrogens with one attached hydrogen (secondary N) is 1. The molecule has 2 aliphatic rings. The summed E-state index contributed by atoms with van der Waals surface area (Å²) in [4.78, 5) is 13.5. The number of hydrogen-bond acceptors (Lipinski definition) is 3. The van der Waals surface area contributed by atoms with E-state index in [1.54, 1.807) is 0 Å². The number of carboxylic acids is 1. The zero-order valence-corrected chi connectivity index (χ0v) is 10.7. The Kier molecular flexibility index (Phi) is 4.40. The van der Waals surface area contributed by atoms with Crippen molar-refractivity contribution in [2.24, 2.45) is 5.92 Å². The lowest BCUT2D eigenvalue weighted by Gasteiger charge is -2.36. The monoisotopic (exact) mass is 240 g/mol. The summed E-state index contributed by atoms with van der Waals surface area (Å²) in [5.41, 5.74) is 0. The summed E-state index contributed by atoms with van der Waals surface area (Å²) in [5.74, 6) is -0.814. The summed E-state index contributed by atoms with van der Waals surface area (Å²) in [6.07, 6.45) is 5.68. The van der Waals surface area contributed by atoms with Crippen LogP contribution in [0.25, 0.3) is 0 Å². The molecule has 1 aliphatic carbocycles. The second kappa shape index (κ2) is 5.83. The number of likely N-dealkylation sites (tertiary alicyclic amines) is 1. The molecule has 2 unspecified atom stereocenters. The molecule has 4 nitrogen and oxygen atoms in total. The minimum absolute atomic E-state index is 0.183. The third-order valence-corrected chi connectivity index (χ3v) is 3.75. The van der Waals surface area contributed by atoms with Crippen molar-refractivity contribution in [2.75, 3.05) is 19.6 Å². The molecule has 0 radical (unpaired) electrons. The maximum atomic E-state index is 11.2. The van der Waals surface area contributed by atoms with Gasteiger partial charge in [0.15, 0.2) is 0 Å². The highest BCUT2D eigenvalue weighted by molar-refractivity contribution is 5.70. The molecule has 1 aliphatic heterocycles. The van der Waals surface area contributed by atoms with Crippen LogP contribution < -0.4 is 5.32 Å². The predicted octanol–water partition coefficient (Wildman–Crippen LogP) is 1.31. The molecule has 2 N–H and O–H groups in total. The van der Waals surface area contributed by atoms with Crippen molar-refractivity contribution < 1.29 is 9.90 Å². The quantitative estimate of drug-likeness (QED) is 0.735. The highest BCUT2D eigenvalue weighted by Gasteiger charge is 2.34. The Labute approximate surface area is 103 Å². The Morgan fingerprint density at radius 3 is 2.71 bits per heavy atom. The van der Waals surface area contributed by atoms with Crippen LogP contribution in [-0.2, 0) is 4.79 Å². The van der Waals surface area contributed by atoms with Gasteiger partial charge in [0.25, 0.3) is 0 Å². The normalized spacial score (nSPS) is 30.4. The minimum atomic E-state index is -0.631. The molecular weight excluding hydrogens is 216 g/mol. The largest absolute Gasteiger partial charge is 0.481 e. The number of aliphatic carboxylic acids is 1. The Balaban J connectivity index is 1.86. The van der Waals surface area contributed by atoms with Gasteiger partial charge in [-0.25, -0.2) is 0 Å². The maximum absolute atomic E-state index is 11.2. The fraction of sp³-hybridized carbons (Fsp3) is 0.923. The summed E-state index contributed by atoms with van der Waals surface area (Å²) >= 11 is 0. The van der Waals surface area contributed by atoms with Crippen LogP contribution in [0.3, 0.4) is 0 Å². The van der Waals surface area contributed by atoms with E-state index in [9.17, 15) is 9.90 Å². The number of carbonyl (C=O) groups is 1. The molecule has 1 heterocycles. The molecule has 4 heteroatoms. The summed E-state index contributed by atoms with van der Waals surface area (Å²) in [7, 11) is 0. The van der Waals surface area contributed by atoms with E-state index >= 15 is 0 Å². The van der Waals surface area contributed by atoms with Crippen molar-refractivity contribution in [2.45, 2.75) is 51.1 Å². The Bertz CT molecular complexity index is 266. The maximum Gasteiger partial charge on any atom is 0.307 e. The molecule has 0 amide bonds. The van der Waals surface area contributed by atoms with E-state index < -0.39 is 5.97 Å². The smallest absolute Gasteiger partial charge is 0.307 e. The molecule has 2 rings (SSSR count). The van der Waals surface area contributed by atoms with Crippen LogP contribution in [0.4, 0.5) is 0 Å². The molecule has 0 aromatic rings. The lowest BCUT2D eigenvalue weighted by Crippen LogP contribution is -2.51. The van der Waals surface area contributed by atoms with E-state index in [-0.39, 0.29) is 5.92 Å². The van der Waals surface area contributed by atoms with E-state index in [1.165, 1.54) is 25.7 Å². The van der Waals surface area contributed by atoms with Crippen LogP contribution in [0.5, 0.6) is 0 Å². The average molecular weight is 240 g/mol. The lowest BCUT2D eigenvalue weighted by molar-refractivity contribution is -0.144. The first kappa shape index (κ1) is 12.8. The standard InChI is InChI=1S/C13H24N2O2/c1-2-3-6-15-8-10(13(16)17)7-12(9-15)14-11-4-5-11/h10-12,14H,2-9H2,1H3,(H,16,17). The van der Waals surface area contributed by atoms with E-state index in [0.29, 0.717) is 12.1 Å². The third-order valence-electron chi connectivity index (χ3n) is 3.75. The fourth-order valence-electron chi connectivity index (χ4n) is 2.64. The molecule has 2 atom stereocenters. The summed E-state index contributed by atoms with van der Waals surface area (Å²) in [5, 5.41) is 12.8. The minimum Gasteiger partial charge on any atom is -0.481 e. The molecule has 0 spiro atoms. The third kappa shape index (κ3) is 3.96. The first-order valence-electron chi connectivity index (χ1n) is 6.90. The highest BCUT2D eigenvalue weighted by Crippen LogP contribution is 2.24. The van der Waals surface area contributed by atoms with Crippen LogP contribution >= 0.6 is 0 Å². The van der Waals surface area contributed by atoms with Crippen LogP contribution in [0.15, 0.2) is 0 Å². The van der Waals surface area contributed by atoms with Crippen molar-refractivity contribution in [1.82, 2.24) is 10.2 Å². The van der Waals surface area contributed by atoms with Gasteiger partial charge in [-0.05, 0) is 32.2 Å². The van der Waals surface area contributed by atoms with Gasteiger partial charge in [0.1, 0.15) is 0 Å². The van der Waals surface area contributed by atoms with Gasteiger partial charge in [-0.1, -0.05) is 13.3 Å². The van der Waals surface area contributed by atoms with Crippen LogP contribution in [0.2, 0.25) is 0 Å². The summed E-state index contributed by atoms with van der Waals surface area (Å²) in [6, 6.07) is 1.05. The van der Waals surface area contributed by atoms with E-state index in [0.717, 1.165) is 26.1 Å². The van der Waals surface area contributed by atoms with E-state index in [2.05, 4.69) is 17.1 Å². The predicted molar refractivity (Wildman–Crippen MR) is 67.0 cm³/mol. The van der Waals surface area contributed by atoms with Gasteiger partial charge in [-0.2, -0.15) is 0 Å². The van der Waals surface area contributed by atoms with Gasteiger partial charge in [0, 0.05) is 25.2 Å². The van der Waals surface area contributed by atoms with Crippen molar-refractivity contribution in [1.29, 1.82) is 0 Å². The van der Waals surface area contributed by atoms with Crippen molar-refractivity contribution in [3.63, 3.8) is 0 Å². The van der Waals surface area contributed by atoms with Gasteiger partial charge in [0.2, 0.25) is 0 Å². The van der Waals surface area contributed by atoms with Crippen molar-refractivity contribution in [3.8, 4) is 0 Å². The van der Waals surface area contributed by atoms with Crippen molar-refractivity contribution in [3.05, 3.63) is 0 Å². The Morgan fingerprint density at radius 2 is 2.12 bits per heavy atom. The average Bonchev–Trinajstić information content (AvgIpc) is 3.10. The van der Waals surface area contributed by atoms with Gasteiger partial charge in [-0.3, -0.25) is 4.79 Å². The fourth-order valence-corrected chi connectivity index (χ4v) is 2.64. The second-order valence-corrected chi connectivity index (χ2v) is 5.52. The van der Waals surface area contributed by atoms with Gasteiger partial charge in [0.05, 0.1) is 5.92 Å². The SMILES string of the molecule is CCCCN1CC(NC2CC2)CC(C(=O)O)C1. The van der Waals surface area contributed by atoms with Gasteiger partial charge in [-0.15, -0.1) is 0 Å². The molecular formula is C13H24N2O2. The van der Waals surface area contributed by atoms with Gasteiger partial charge < -0.3 is 15.3 Å². The Morgan fingerprint density at radius 1 is 1.35 bits per heavy atom. The molecule has 0 aromatic heterocycles. The van der Waals surface area contributed by atoms with E-state index in [4.69, 9.17) is 0 Å². The molecule has 1 saturated heterocycles. The number of carboxylic acid groups (broad SMARTS) is 1. The lowest BCUT2D eigenvalue weighted by atomic mass is 9.94. The van der Waals surface area contributed by atoms with Crippen LogP contribution in [0, 0.1) is 5.92 Å². The van der Waals surface area contributed by atoms with Crippen LogP contribution in [-0.4, -0.2) is 47.7 Å². The number of unbranched alkanes of at least 4 members (excludes halogenated alkanes) is 1.